The van der Waals surface area contributed by atoms with Crippen molar-refractivity contribution in [3.05, 3.63) is 64.8 Å². The van der Waals surface area contributed by atoms with Crippen molar-refractivity contribution in [2.45, 2.75) is 18.3 Å². The minimum absolute atomic E-state index is 0.00627. The minimum Gasteiger partial charge on any atom is -0.478 e. The number of nitrogens with zero attached hydrogens (tertiary/aromatic N) is 1. The molecule has 2 aromatic carbocycles. The standard InChI is InChI=1S/C21H16ClNO4S/c1-27-20(26)21(10-11-21)15-8-6-13(7-9-15)12-2-4-14(5-3-12)17-16(19(24)25)18(22)23-28-17/h2-9H,10-11H2,1H3,(H,24,25). The van der Waals surface area contributed by atoms with Crippen molar-refractivity contribution in [3.63, 3.8) is 0 Å². The monoisotopic (exact) mass is 413 g/mol. The molecule has 3 aromatic rings. The van der Waals surface area contributed by atoms with E-state index in [1.807, 2.05) is 48.5 Å². The summed E-state index contributed by atoms with van der Waals surface area (Å²) < 4.78 is 8.88. The van der Waals surface area contributed by atoms with E-state index in [0.29, 0.717) is 4.88 Å². The number of carbonyl (C=O) groups is 2. The summed E-state index contributed by atoms with van der Waals surface area (Å²) in [6.07, 6.45) is 1.63. The van der Waals surface area contributed by atoms with Gasteiger partial charge in [0.05, 0.1) is 17.4 Å². The van der Waals surface area contributed by atoms with Crippen LogP contribution in [0.25, 0.3) is 21.6 Å². The van der Waals surface area contributed by atoms with E-state index in [1.54, 1.807) is 0 Å². The Morgan fingerprint density at radius 3 is 2.07 bits per heavy atom. The summed E-state index contributed by atoms with van der Waals surface area (Å²) in [5.74, 6) is -1.27. The van der Waals surface area contributed by atoms with Gasteiger partial charge in [-0.2, -0.15) is 4.37 Å². The van der Waals surface area contributed by atoms with E-state index in [0.717, 1.165) is 46.6 Å². The third-order valence-corrected chi connectivity index (χ3v) is 6.38. The molecule has 142 valence electrons. The topological polar surface area (TPSA) is 76.5 Å². The van der Waals surface area contributed by atoms with Crippen molar-refractivity contribution in [2.24, 2.45) is 0 Å². The predicted octanol–water partition coefficient (Wildman–Crippen LogP) is 5.03. The molecule has 1 fully saturated rings. The fourth-order valence-electron chi connectivity index (χ4n) is 3.38. The molecule has 0 amide bonds. The molecule has 1 N–H and O–H groups in total. The number of hydrogen-bond acceptors (Lipinski definition) is 5. The van der Waals surface area contributed by atoms with E-state index < -0.39 is 11.4 Å². The molecule has 4 rings (SSSR count). The second kappa shape index (κ2) is 7.04. The fourth-order valence-corrected chi connectivity index (χ4v) is 4.49. The molecular formula is C21H16ClNO4S. The van der Waals surface area contributed by atoms with Crippen LogP contribution in [0.2, 0.25) is 5.15 Å². The summed E-state index contributed by atoms with van der Waals surface area (Å²) in [7, 11) is 1.42. The summed E-state index contributed by atoms with van der Waals surface area (Å²) in [5, 5.41) is 9.34. The molecule has 0 radical (unpaired) electrons. The van der Waals surface area contributed by atoms with Gasteiger partial charge in [0.2, 0.25) is 0 Å². The quantitative estimate of drug-likeness (QED) is 0.593. The molecule has 0 bridgehead atoms. The lowest BCUT2D eigenvalue weighted by molar-refractivity contribution is -0.143. The smallest absolute Gasteiger partial charge is 0.340 e. The average Bonchev–Trinajstić information content (AvgIpc) is 3.43. The van der Waals surface area contributed by atoms with Crippen molar-refractivity contribution >= 4 is 35.1 Å². The average molecular weight is 414 g/mol. The molecule has 0 saturated heterocycles. The normalized spacial score (nSPS) is 14.5. The van der Waals surface area contributed by atoms with Crippen LogP contribution in [-0.4, -0.2) is 28.5 Å². The highest BCUT2D eigenvalue weighted by atomic mass is 35.5. The number of methoxy groups -OCH3 is 1. The summed E-state index contributed by atoms with van der Waals surface area (Å²) in [6, 6.07) is 15.5. The molecule has 28 heavy (non-hydrogen) atoms. The van der Waals surface area contributed by atoms with Crippen LogP contribution in [0.15, 0.2) is 48.5 Å². The number of hydrogen-bond donors (Lipinski definition) is 1. The summed E-state index contributed by atoms with van der Waals surface area (Å²) >= 11 is 6.96. The van der Waals surface area contributed by atoms with Crippen molar-refractivity contribution in [3.8, 4) is 21.6 Å². The van der Waals surface area contributed by atoms with Crippen LogP contribution < -0.4 is 0 Å². The van der Waals surface area contributed by atoms with E-state index in [4.69, 9.17) is 16.3 Å². The SMILES string of the molecule is COC(=O)C1(c2ccc(-c3ccc(-c4snc(Cl)c4C(=O)O)cc3)cc2)CC1. The number of rotatable bonds is 5. The number of halogens is 1. The molecule has 1 aliphatic carbocycles. The molecule has 0 unspecified atom stereocenters. The molecule has 0 atom stereocenters. The van der Waals surface area contributed by atoms with Crippen LogP contribution in [0, 0.1) is 0 Å². The Balaban J connectivity index is 1.60. The molecule has 0 aliphatic heterocycles. The van der Waals surface area contributed by atoms with Crippen LogP contribution in [0.5, 0.6) is 0 Å². The number of benzene rings is 2. The van der Waals surface area contributed by atoms with Crippen molar-refractivity contribution in [1.29, 1.82) is 0 Å². The first-order valence-corrected chi connectivity index (χ1v) is 9.79. The third kappa shape index (κ3) is 3.08. The number of carboxylic acid groups (broad SMARTS) is 1. The highest BCUT2D eigenvalue weighted by Gasteiger charge is 2.52. The molecule has 1 aliphatic rings. The lowest BCUT2D eigenvalue weighted by Gasteiger charge is -2.13. The molecule has 1 saturated carbocycles. The van der Waals surface area contributed by atoms with Crippen LogP contribution in [0.1, 0.15) is 28.8 Å². The number of esters is 1. The van der Waals surface area contributed by atoms with Crippen molar-refractivity contribution in [1.82, 2.24) is 4.37 Å². The zero-order chi connectivity index (χ0) is 19.9. The van der Waals surface area contributed by atoms with Gasteiger partial charge < -0.3 is 9.84 Å². The van der Waals surface area contributed by atoms with Crippen LogP contribution in [0.3, 0.4) is 0 Å². The molecule has 0 spiro atoms. The number of ether oxygens (including phenoxy) is 1. The van der Waals surface area contributed by atoms with E-state index in [1.165, 1.54) is 7.11 Å². The molecule has 5 nitrogen and oxygen atoms in total. The number of aromatic carboxylic acids is 1. The zero-order valence-electron chi connectivity index (χ0n) is 14.9. The van der Waals surface area contributed by atoms with Gasteiger partial charge in [0.15, 0.2) is 5.15 Å². The van der Waals surface area contributed by atoms with Gasteiger partial charge in [-0.05, 0) is 46.6 Å². The van der Waals surface area contributed by atoms with Crippen molar-refractivity contribution in [2.75, 3.05) is 7.11 Å². The van der Waals surface area contributed by atoms with E-state index in [-0.39, 0.29) is 16.7 Å². The lowest BCUT2D eigenvalue weighted by atomic mass is 9.93. The van der Waals surface area contributed by atoms with Crippen LogP contribution in [0.4, 0.5) is 0 Å². The van der Waals surface area contributed by atoms with E-state index >= 15 is 0 Å². The second-order valence-electron chi connectivity index (χ2n) is 6.71. The van der Waals surface area contributed by atoms with E-state index in [9.17, 15) is 14.7 Å². The van der Waals surface area contributed by atoms with Crippen LogP contribution >= 0.6 is 23.1 Å². The summed E-state index contributed by atoms with van der Waals surface area (Å²) in [4.78, 5) is 24.0. The number of carbonyl (C=O) groups excluding carboxylic acids is 1. The van der Waals surface area contributed by atoms with Gasteiger partial charge in [-0.3, -0.25) is 4.79 Å². The summed E-state index contributed by atoms with van der Waals surface area (Å²) in [5.41, 5.74) is 3.29. The second-order valence-corrected chi connectivity index (χ2v) is 7.84. The highest BCUT2D eigenvalue weighted by Crippen LogP contribution is 2.49. The zero-order valence-corrected chi connectivity index (χ0v) is 16.5. The van der Waals surface area contributed by atoms with Gasteiger partial charge in [0.25, 0.3) is 0 Å². The molecule has 7 heteroatoms. The predicted molar refractivity (Wildman–Crippen MR) is 108 cm³/mol. The maximum atomic E-state index is 12.0. The minimum atomic E-state index is -1.09. The third-order valence-electron chi connectivity index (χ3n) is 5.11. The van der Waals surface area contributed by atoms with Gasteiger partial charge in [-0.25, -0.2) is 4.79 Å². The van der Waals surface area contributed by atoms with Gasteiger partial charge in [0.1, 0.15) is 5.56 Å². The van der Waals surface area contributed by atoms with Gasteiger partial charge in [-0.1, -0.05) is 60.1 Å². The Bertz CT molecular complexity index is 1050. The Morgan fingerprint density at radius 2 is 1.57 bits per heavy atom. The lowest BCUT2D eigenvalue weighted by Crippen LogP contribution is -2.21. The number of aromatic nitrogens is 1. The number of carboxylic acids is 1. The maximum Gasteiger partial charge on any atom is 0.340 e. The van der Waals surface area contributed by atoms with Gasteiger partial charge in [0, 0.05) is 0 Å². The van der Waals surface area contributed by atoms with E-state index in [2.05, 4.69) is 4.37 Å². The largest absolute Gasteiger partial charge is 0.478 e. The molecule has 1 aromatic heterocycles. The fraction of sp³-hybridized carbons (Fsp3) is 0.190. The molecule has 1 heterocycles. The summed E-state index contributed by atoms with van der Waals surface area (Å²) in [6.45, 7) is 0. The van der Waals surface area contributed by atoms with Crippen molar-refractivity contribution < 1.29 is 19.4 Å². The van der Waals surface area contributed by atoms with Crippen LogP contribution in [-0.2, 0) is 14.9 Å². The Morgan fingerprint density at radius 1 is 1.04 bits per heavy atom. The Kier molecular flexibility index (Phi) is 4.69. The maximum absolute atomic E-state index is 12.0. The van der Waals surface area contributed by atoms with Gasteiger partial charge in [-0.15, -0.1) is 0 Å². The molecular weight excluding hydrogens is 398 g/mol. The first-order chi connectivity index (χ1) is 13.5. The Hall–Kier alpha value is -2.70. The Labute approximate surface area is 170 Å². The highest BCUT2D eigenvalue weighted by molar-refractivity contribution is 7.10. The first kappa shape index (κ1) is 18.7. The first-order valence-electron chi connectivity index (χ1n) is 8.64. The van der Waals surface area contributed by atoms with Gasteiger partial charge >= 0.3 is 11.9 Å².